The second kappa shape index (κ2) is 14.7. The Kier molecular flexibility index (Phi) is 11.2. The van der Waals surface area contributed by atoms with Crippen molar-refractivity contribution >= 4 is 42.0 Å². The molecule has 3 atom stereocenters. The number of ether oxygens (including phenoxy) is 3. The maximum atomic E-state index is 12.9. The molecule has 1 saturated carbocycles. The van der Waals surface area contributed by atoms with Gasteiger partial charge in [0.05, 0.1) is 18.4 Å². The molecule has 0 amide bonds. The lowest BCUT2D eigenvalue weighted by atomic mass is 9.79. The Morgan fingerprint density at radius 1 is 0.766 bits per heavy atom. The average Bonchev–Trinajstić information content (AvgIpc) is 2.95. The summed E-state index contributed by atoms with van der Waals surface area (Å²) in [5, 5.41) is 78.3. The number of carboxylic acid groups (broad SMARTS) is 2. The lowest BCUT2D eigenvalue weighted by Gasteiger charge is -2.42. The van der Waals surface area contributed by atoms with Crippen LogP contribution < -0.4 is 0 Å². The van der Waals surface area contributed by atoms with Crippen molar-refractivity contribution in [2.24, 2.45) is 0 Å². The maximum absolute atomic E-state index is 12.9. The number of carbonyl (C=O) groups is 5. The summed E-state index contributed by atoms with van der Waals surface area (Å²) in [7, 11) is 0. The fourth-order valence-corrected chi connectivity index (χ4v) is 4.65. The van der Waals surface area contributed by atoms with E-state index in [2.05, 4.69) is 0 Å². The number of carboxylic acids is 2. The molecule has 0 bridgehead atoms. The average molecular weight is 661 g/mol. The maximum Gasteiger partial charge on any atom is 0.335 e. The lowest BCUT2D eigenvalue weighted by molar-refractivity contribution is -0.214. The van der Waals surface area contributed by atoms with Crippen LogP contribution in [0.5, 0.6) is 23.0 Å². The molecule has 47 heavy (non-hydrogen) atoms. The molecular weight excluding hydrogens is 628 g/mol. The standard InChI is InChI=1S/C31H32O16/c1-30(43,14-24(36)37)15-27(40)47-28-22(45-25(38)8-4-16-2-6-18(32)20(34)10-16)12-31(44,29(41)42)13-23(28)46-26(39)9-5-17-3-7-19(33)21(35)11-17/h2-11,22-23,28,32-35,43-44H,12-15H2,1H3,(H,36,37)(H,41,42)/b8-4+,9-5+/t22-,23-,28?,30?,31?/m0/s1. The third kappa shape index (κ3) is 10.2. The van der Waals surface area contributed by atoms with Gasteiger partial charge in [-0.25, -0.2) is 14.4 Å². The second-order valence-corrected chi connectivity index (χ2v) is 11.1. The Bertz CT molecular complexity index is 1500. The molecule has 1 unspecified atom stereocenters. The fraction of sp³-hybridized carbons (Fsp3) is 0.323. The van der Waals surface area contributed by atoms with Gasteiger partial charge in [-0.3, -0.25) is 9.59 Å². The van der Waals surface area contributed by atoms with Crippen LogP contribution in [0.15, 0.2) is 48.6 Å². The molecule has 8 N–H and O–H groups in total. The number of aliphatic hydroxyl groups is 2. The minimum atomic E-state index is -2.67. The van der Waals surface area contributed by atoms with Crippen molar-refractivity contribution in [2.45, 2.75) is 62.1 Å². The van der Waals surface area contributed by atoms with Gasteiger partial charge in [-0.15, -0.1) is 0 Å². The summed E-state index contributed by atoms with van der Waals surface area (Å²) in [6, 6.07) is 7.16. The number of aliphatic carboxylic acids is 2. The number of phenols is 4. The highest BCUT2D eigenvalue weighted by Gasteiger charge is 2.54. The third-order valence-corrected chi connectivity index (χ3v) is 6.89. The fourth-order valence-electron chi connectivity index (χ4n) is 4.65. The van der Waals surface area contributed by atoms with Crippen molar-refractivity contribution in [2.75, 3.05) is 0 Å². The van der Waals surface area contributed by atoms with Gasteiger partial charge in [0.2, 0.25) is 0 Å². The predicted octanol–water partition coefficient (Wildman–Crippen LogP) is 1.20. The molecule has 2 aromatic rings. The van der Waals surface area contributed by atoms with Crippen LogP contribution in [-0.2, 0) is 38.2 Å². The Balaban J connectivity index is 1.92. The van der Waals surface area contributed by atoms with Gasteiger partial charge in [0, 0.05) is 25.0 Å². The summed E-state index contributed by atoms with van der Waals surface area (Å²) in [5.74, 6) is -8.63. The van der Waals surface area contributed by atoms with Gasteiger partial charge < -0.3 is 55.1 Å². The molecule has 1 fully saturated rings. The zero-order valence-corrected chi connectivity index (χ0v) is 24.7. The Morgan fingerprint density at radius 2 is 1.21 bits per heavy atom. The highest BCUT2D eigenvalue weighted by molar-refractivity contribution is 5.88. The quantitative estimate of drug-likeness (QED) is 0.0687. The smallest absolute Gasteiger partial charge is 0.335 e. The van der Waals surface area contributed by atoms with Gasteiger partial charge in [-0.1, -0.05) is 12.1 Å². The summed E-state index contributed by atoms with van der Waals surface area (Å²) in [6.07, 6.45) is -4.81. The van der Waals surface area contributed by atoms with Crippen molar-refractivity contribution in [3.8, 4) is 23.0 Å². The number of carbonyl (C=O) groups excluding carboxylic acids is 3. The minimum absolute atomic E-state index is 0.229. The first-order valence-corrected chi connectivity index (χ1v) is 13.8. The Labute approximate surface area is 266 Å². The molecule has 1 aliphatic carbocycles. The molecule has 0 aliphatic heterocycles. The van der Waals surface area contributed by atoms with Crippen molar-refractivity contribution < 1.29 is 79.0 Å². The van der Waals surface area contributed by atoms with Crippen LogP contribution in [0.25, 0.3) is 12.2 Å². The molecule has 252 valence electrons. The number of hydrogen-bond donors (Lipinski definition) is 8. The van der Waals surface area contributed by atoms with Gasteiger partial charge in [0.1, 0.15) is 12.2 Å². The molecular formula is C31H32O16. The van der Waals surface area contributed by atoms with E-state index in [4.69, 9.17) is 19.3 Å². The predicted molar refractivity (Wildman–Crippen MR) is 157 cm³/mol. The summed E-state index contributed by atoms with van der Waals surface area (Å²) in [4.78, 5) is 61.6. The van der Waals surface area contributed by atoms with Crippen molar-refractivity contribution in [3.05, 3.63) is 59.7 Å². The topological polar surface area (TPSA) is 275 Å². The van der Waals surface area contributed by atoms with E-state index < -0.39 is 108 Å². The SMILES string of the molecule is CC(O)(CC(=O)O)CC(=O)OC1[C@@H](OC(=O)/C=C/c2ccc(O)c(O)c2)CC(O)(C(=O)O)C[C@@H]1OC(=O)/C=C/c1ccc(O)c(O)c1. The molecule has 0 aromatic heterocycles. The van der Waals surface area contributed by atoms with Gasteiger partial charge in [-0.2, -0.15) is 0 Å². The molecule has 0 saturated heterocycles. The molecule has 2 aromatic carbocycles. The first kappa shape index (κ1) is 35.9. The first-order valence-electron chi connectivity index (χ1n) is 13.8. The second-order valence-electron chi connectivity index (χ2n) is 11.1. The molecule has 16 nitrogen and oxygen atoms in total. The van der Waals surface area contributed by atoms with E-state index >= 15 is 0 Å². The van der Waals surface area contributed by atoms with Crippen molar-refractivity contribution in [3.63, 3.8) is 0 Å². The normalized spacial score (nSPS) is 22.3. The number of hydrogen-bond acceptors (Lipinski definition) is 14. The van der Waals surface area contributed by atoms with Crippen molar-refractivity contribution in [1.29, 1.82) is 0 Å². The molecule has 0 radical (unpaired) electrons. The first-order chi connectivity index (χ1) is 21.9. The summed E-state index contributed by atoms with van der Waals surface area (Å²) < 4.78 is 16.0. The zero-order chi connectivity index (χ0) is 35.1. The summed E-state index contributed by atoms with van der Waals surface area (Å²) in [6.45, 7) is 1.04. The van der Waals surface area contributed by atoms with Crippen LogP contribution in [-0.4, -0.2) is 100 Å². The lowest BCUT2D eigenvalue weighted by Crippen LogP contribution is -2.59. The molecule has 1 aliphatic rings. The minimum Gasteiger partial charge on any atom is -0.504 e. The highest BCUT2D eigenvalue weighted by atomic mass is 16.6. The van der Waals surface area contributed by atoms with Crippen LogP contribution >= 0.6 is 0 Å². The van der Waals surface area contributed by atoms with Gasteiger partial charge in [0.25, 0.3) is 0 Å². The van der Waals surface area contributed by atoms with E-state index in [9.17, 15) is 59.7 Å². The summed E-state index contributed by atoms with van der Waals surface area (Å²) >= 11 is 0. The monoisotopic (exact) mass is 660 g/mol. The van der Waals surface area contributed by atoms with Crippen LogP contribution in [0.4, 0.5) is 0 Å². The zero-order valence-electron chi connectivity index (χ0n) is 24.7. The van der Waals surface area contributed by atoms with Crippen LogP contribution in [0.3, 0.4) is 0 Å². The van der Waals surface area contributed by atoms with E-state index in [1.54, 1.807) is 0 Å². The molecule has 0 heterocycles. The highest BCUT2D eigenvalue weighted by Crippen LogP contribution is 2.36. The van der Waals surface area contributed by atoms with Crippen LogP contribution in [0, 0.1) is 0 Å². The van der Waals surface area contributed by atoms with E-state index in [1.165, 1.54) is 12.1 Å². The van der Waals surface area contributed by atoms with Crippen molar-refractivity contribution in [1.82, 2.24) is 0 Å². The van der Waals surface area contributed by atoms with Crippen LogP contribution in [0.1, 0.15) is 43.7 Å². The molecule has 16 heteroatoms. The molecule has 3 rings (SSSR count). The third-order valence-electron chi connectivity index (χ3n) is 6.89. The van der Waals surface area contributed by atoms with Crippen LogP contribution in [0.2, 0.25) is 0 Å². The van der Waals surface area contributed by atoms with E-state index in [-0.39, 0.29) is 11.1 Å². The molecule has 0 spiro atoms. The Morgan fingerprint density at radius 3 is 1.60 bits per heavy atom. The van der Waals surface area contributed by atoms with Gasteiger partial charge in [0.15, 0.2) is 34.7 Å². The number of benzene rings is 2. The summed E-state index contributed by atoms with van der Waals surface area (Å²) in [5.41, 5.74) is -4.32. The number of rotatable bonds is 12. The number of phenolic OH excluding ortho intramolecular Hbond substituents is 4. The van der Waals surface area contributed by atoms with E-state index in [0.29, 0.717) is 0 Å². The number of aromatic hydroxyl groups is 4. The Hall–Kier alpha value is -5.61. The van der Waals surface area contributed by atoms with E-state index in [1.807, 2.05) is 0 Å². The van der Waals surface area contributed by atoms with Gasteiger partial charge in [-0.05, 0) is 54.5 Å². The van der Waals surface area contributed by atoms with Gasteiger partial charge >= 0.3 is 29.8 Å². The van der Waals surface area contributed by atoms with E-state index in [0.717, 1.165) is 55.5 Å². The number of esters is 3. The largest absolute Gasteiger partial charge is 0.504 e.